The standard InChI is InChI=1S/C24H30N4O4S/c1-24(2,3)15-7-8-16-19(13-15)33-23(20(16)21(25)29)26-22(30)14-6-9-17(18(12-14)28(31)32)27-10-4-5-11-27/h6,9,12,15H,4-5,7-8,10-11,13H2,1-3H3,(H2,25,29)(H,26,30). The van der Waals surface area contributed by atoms with Gasteiger partial charge in [-0.25, -0.2) is 0 Å². The minimum Gasteiger partial charge on any atom is -0.366 e. The maximum atomic E-state index is 13.0. The Balaban J connectivity index is 1.62. The second-order valence-electron chi connectivity index (χ2n) is 9.99. The number of nitrogens with one attached hydrogen (secondary N) is 1. The number of rotatable bonds is 5. The Labute approximate surface area is 197 Å². The van der Waals surface area contributed by atoms with Crippen LogP contribution in [0.1, 0.15) is 71.2 Å². The molecule has 33 heavy (non-hydrogen) atoms. The molecule has 1 unspecified atom stereocenters. The average Bonchev–Trinajstić information content (AvgIpc) is 3.39. The van der Waals surface area contributed by atoms with E-state index in [0.29, 0.717) is 22.2 Å². The first-order valence-corrected chi connectivity index (χ1v) is 12.2. The molecule has 0 radical (unpaired) electrons. The third-order valence-electron chi connectivity index (χ3n) is 6.84. The SMILES string of the molecule is CC(C)(C)C1CCc2c(sc(NC(=O)c3ccc(N4CCCC4)c([N+](=O)[O-])c3)c2C(N)=O)C1. The summed E-state index contributed by atoms with van der Waals surface area (Å²) in [7, 11) is 0. The molecular weight excluding hydrogens is 440 g/mol. The Morgan fingerprint density at radius 2 is 1.94 bits per heavy atom. The number of amides is 2. The van der Waals surface area contributed by atoms with Crippen molar-refractivity contribution in [2.75, 3.05) is 23.3 Å². The molecule has 0 bridgehead atoms. The summed E-state index contributed by atoms with van der Waals surface area (Å²) in [5.41, 5.74) is 7.77. The van der Waals surface area contributed by atoms with Crippen LogP contribution in [0.4, 0.5) is 16.4 Å². The fourth-order valence-electron chi connectivity index (χ4n) is 4.89. The number of hydrogen-bond donors (Lipinski definition) is 2. The first-order chi connectivity index (χ1) is 15.6. The van der Waals surface area contributed by atoms with Gasteiger partial charge in [0.2, 0.25) is 0 Å². The van der Waals surface area contributed by atoms with Gasteiger partial charge < -0.3 is 16.0 Å². The summed E-state index contributed by atoms with van der Waals surface area (Å²) < 4.78 is 0. The molecular formula is C24H30N4O4S. The molecule has 4 rings (SSSR count). The predicted octanol–water partition coefficient (Wildman–Crippen LogP) is 4.76. The molecule has 3 N–H and O–H groups in total. The number of primary amides is 1. The normalized spacial score (nSPS) is 18.2. The maximum absolute atomic E-state index is 13.0. The van der Waals surface area contributed by atoms with Crippen LogP contribution in [0.3, 0.4) is 0 Å². The van der Waals surface area contributed by atoms with Crippen molar-refractivity contribution in [1.82, 2.24) is 0 Å². The summed E-state index contributed by atoms with van der Waals surface area (Å²) in [4.78, 5) is 39.6. The smallest absolute Gasteiger partial charge is 0.293 e. The molecule has 2 aromatic rings. The van der Waals surface area contributed by atoms with Crippen LogP contribution >= 0.6 is 11.3 Å². The van der Waals surface area contributed by atoms with E-state index >= 15 is 0 Å². The van der Waals surface area contributed by atoms with Gasteiger partial charge in [0.25, 0.3) is 17.5 Å². The van der Waals surface area contributed by atoms with Crippen molar-refractivity contribution in [2.24, 2.45) is 17.1 Å². The molecule has 1 aromatic carbocycles. The second kappa shape index (κ2) is 8.78. The lowest BCUT2D eigenvalue weighted by atomic mass is 9.72. The van der Waals surface area contributed by atoms with Crippen molar-refractivity contribution in [1.29, 1.82) is 0 Å². The third kappa shape index (κ3) is 4.59. The lowest BCUT2D eigenvalue weighted by Gasteiger charge is -2.33. The molecule has 1 fully saturated rings. The van der Waals surface area contributed by atoms with Crippen molar-refractivity contribution >= 4 is 39.5 Å². The summed E-state index contributed by atoms with van der Waals surface area (Å²) in [6.45, 7) is 8.18. The third-order valence-corrected chi connectivity index (χ3v) is 8.01. The van der Waals surface area contributed by atoms with Crippen molar-refractivity contribution < 1.29 is 14.5 Å². The Hall–Kier alpha value is -2.94. The average molecular weight is 471 g/mol. The zero-order valence-corrected chi connectivity index (χ0v) is 20.1. The van der Waals surface area contributed by atoms with Crippen LogP contribution in [0.15, 0.2) is 18.2 Å². The lowest BCUT2D eigenvalue weighted by Crippen LogP contribution is -2.27. The van der Waals surface area contributed by atoms with Gasteiger partial charge in [-0.15, -0.1) is 11.3 Å². The van der Waals surface area contributed by atoms with E-state index in [0.717, 1.165) is 55.6 Å². The molecule has 0 saturated carbocycles. The topological polar surface area (TPSA) is 119 Å². The second-order valence-corrected chi connectivity index (χ2v) is 11.1. The van der Waals surface area contributed by atoms with Crippen LogP contribution < -0.4 is 16.0 Å². The van der Waals surface area contributed by atoms with Crippen LogP contribution in [0, 0.1) is 21.4 Å². The fraction of sp³-hybridized carbons (Fsp3) is 0.500. The van der Waals surface area contributed by atoms with Gasteiger partial charge in [0.15, 0.2) is 0 Å². The van der Waals surface area contributed by atoms with Crippen molar-refractivity contribution in [3.63, 3.8) is 0 Å². The number of nitrogens with zero attached hydrogens (tertiary/aromatic N) is 2. The van der Waals surface area contributed by atoms with E-state index in [1.165, 1.54) is 17.4 Å². The summed E-state index contributed by atoms with van der Waals surface area (Å²) in [6, 6.07) is 4.56. The quantitative estimate of drug-likeness (QED) is 0.482. The van der Waals surface area contributed by atoms with Crippen molar-refractivity contribution in [3.05, 3.63) is 49.9 Å². The molecule has 1 saturated heterocycles. The van der Waals surface area contributed by atoms with E-state index in [1.54, 1.807) is 12.1 Å². The van der Waals surface area contributed by atoms with Crippen molar-refractivity contribution in [3.8, 4) is 0 Å². The molecule has 1 aliphatic carbocycles. The van der Waals surface area contributed by atoms with Crippen molar-refractivity contribution in [2.45, 2.75) is 52.9 Å². The Kier molecular flexibility index (Phi) is 6.18. The van der Waals surface area contributed by atoms with Gasteiger partial charge in [-0.05, 0) is 61.1 Å². The van der Waals surface area contributed by atoms with E-state index < -0.39 is 16.7 Å². The Bertz CT molecular complexity index is 1110. The van der Waals surface area contributed by atoms with E-state index in [1.807, 2.05) is 4.90 Å². The van der Waals surface area contributed by atoms with Gasteiger partial charge in [-0.1, -0.05) is 20.8 Å². The number of carbonyl (C=O) groups excluding carboxylic acids is 2. The number of nitrogens with two attached hydrogens (primary N) is 1. The van der Waals surface area contributed by atoms with Gasteiger partial charge >= 0.3 is 0 Å². The van der Waals surface area contributed by atoms with Crippen LogP contribution in [0.2, 0.25) is 0 Å². The minimum atomic E-state index is -0.563. The number of hydrogen-bond acceptors (Lipinski definition) is 6. The summed E-state index contributed by atoms with van der Waals surface area (Å²) in [5, 5.41) is 14.9. The van der Waals surface area contributed by atoms with Gasteiger partial charge in [-0.2, -0.15) is 0 Å². The number of nitro groups is 1. The van der Waals surface area contributed by atoms with Crippen LogP contribution in [0.5, 0.6) is 0 Å². The molecule has 9 heteroatoms. The number of anilines is 2. The van der Waals surface area contributed by atoms with Crippen LogP contribution in [0.25, 0.3) is 0 Å². The van der Waals surface area contributed by atoms with E-state index in [-0.39, 0.29) is 16.7 Å². The highest BCUT2D eigenvalue weighted by molar-refractivity contribution is 7.17. The summed E-state index contributed by atoms with van der Waals surface area (Å²) >= 11 is 1.39. The molecule has 0 spiro atoms. The molecule has 176 valence electrons. The number of carbonyl (C=O) groups is 2. The molecule has 1 atom stereocenters. The monoisotopic (exact) mass is 470 g/mol. The molecule has 2 aliphatic rings. The van der Waals surface area contributed by atoms with Gasteiger partial charge in [0, 0.05) is 29.6 Å². The number of fused-ring (bicyclic) bond motifs is 1. The van der Waals surface area contributed by atoms with Crippen LogP contribution in [-0.4, -0.2) is 29.8 Å². The molecule has 2 heterocycles. The number of benzene rings is 1. The zero-order valence-electron chi connectivity index (χ0n) is 19.3. The largest absolute Gasteiger partial charge is 0.366 e. The summed E-state index contributed by atoms with van der Waals surface area (Å²) in [5.74, 6) is -0.569. The highest BCUT2D eigenvalue weighted by Gasteiger charge is 2.34. The molecule has 2 amide bonds. The highest BCUT2D eigenvalue weighted by Crippen LogP contribution is 2.44. The molecule has 8 nitrogen and oxygen atoms in total. The van der Waals surface area contributed by atoms with Gasteiger partial charge in [0.05, 0.1) is 10.5 Å². The Morgan fingerprint density at radius 3 is 2.55 bits per heavy atom. The number of thiophene rings is 1. The predicted molar refractivity (Wildman–Crippen MR) is 130 cm³/mol. The number of nitro benzene ring substituents is 1. The van der Waals surface area contributed by atoms with Gasteiger partial charge in [0.1, 0.15) is 10.7 Å². The first-order valence-electron chi connectivity index (χ1n) is 11.4. The molecule has 1 aliphatic heterocycles. The zero-order chi connectivity index (χ0) is 23.9. The maximum Gasteiger partial charge on any atom is 0.293 e. The van der Waals surface area contributed by atoms with E-state index in [4.69, 9.17) is 5.73 Å². The van der Waals surface area contributed by atoms with Crippen LogP contribution in [-0.2, 0) is 12.8 Å². The fourth-order valence-corrected chi connectivity index (χ4v) is 6.21. The van der Waals surface area contributed by atoms with E-state index in [9.17, 15) is 19.7 Å². The highest BCUT2D eigenvalue weighted by atomic mass is 32.1. The Morgan fingerprint density at radius 1 is 1.24 bits per heavy atom. The minimum absolute atomic E-state index is 0.0850. The first kappa shape index (κ1) is 23.2. The molecule has 1 aromatic heterocycles. The lowest BCUT2D eigenvalue weighted by molar-refractivity contribution is -0.384. The van der Waals surface area contributed by atoms with E-state index in [2.05, 4.69) is 26.1 Å². The van der Waals surface area contributed by atoms with Gasteiger partial charge in [-0.3, -0.25) is 19.7 Å². The summed E-state index contributed by atoms with van der Waals surface area (Å²) in [6.07, 6.45) is 4.54.